The number of benzene rings is 1. The third kappa shape index (κ3) is 3.75. The summed E-state index contributed by atoms with van der Waals surface area (Å²) in [5.74, 6) is 5.74. The summed E-state index contributed by atoms with van der Waals surface area (Å²) >= 11 is 12.4. The summed E-state index contributed by atoms with van der Waals surface area (Å²) in [7, 11) is 1.64. The average molecular weight is 329 g/mol. The second-order valence-electron chi connectivity index (χ2n) is 4.76. The van der Waals surface area contributed by atoms with Gasteiger partial charge in [0.05, 0.1) is 36.1 Å². The van der Waals surface area contributed by atoms with Gasteiger partial charge < -0.3 is 4.74 Å². The van der Waals surface area contributed by atoms with Crippen LogP contribution in [0.1, 0.15) is 22.9 Å². The second kappa shape index (κ2) is 7.24. The van der Waals surface area contributed by atoms with E-state index in [4.69, 9.17) is 33.8 Å². The predicted molar refractivity (Wildman–Crippen MR) is 84.5 cm³/mol. The fraction of sp³-hybridized carbons (Fsp3) is 0.357. The van der Waals surface area contributed by atoms with Crippen LogP contribution in [-0.2, 0) is 11.3 Å². The van der Waals surface area contributed by atoms with E-state index in [0.29, 0.717) is 23.2 Å². The Morgan fingerprint density at radius 1 is 1.38 bits per heavy atom. The number of nitrogens with two attached hydrogens (primary N) is 1. The maximum atomic E-state index is 6.27. The Labute approximate surface area is 134 Å². The van der Waals surface area contributed by atoms with Gasteiger partial charge >= 0.3 is 0 Å². The highest BCUT2D eigenvalue weighted by atomic mass is 35.5. The van der Waals surface area contributed by atoms with Gasteiger partial charge in [-0.05, 0) is 30.2 Å². The molecule has 0 spiro atoms. The highest BCUT2D eigenvalue weighted by Gasteiger charge is 2.21. The number of ether oxygens (including phenoxy) is 1. The van der Waals surface area contributed by atoms with Gasteiger partial charge in [0.15, 0.2) is 0 Å². The van der Waals surface area contributed by atoms with E-state index < -0.39 is 0 Å². The topological polar surface area (TPSA) is 65.1 Å². The summed E-state index contributed by atoms with van der Waals surface area (Å²) in [6, 6.07) is 5.47. The highest BCUT2D eigenvalue weighted by molar-refractivity contribution is 6.31. The number of hydrogen-bond acceptors (Lipinski definition) is 4. The van der Waals surface area contributed by atoms with Crippen molar-refractivity contribution in [2.75, 3.05) is 13.7 Å². The van der Waals surface area contributed by atoms with Crippen LogP contribution in [0.15, 0.2) is 24.4 Å². The smallest absolute Gasteiger partial charge is 0.0894 e. The van der Waals surface area contributed by atoms with Crippen LogP contribution < -0.4 is 11.3 Å². The first-order valence-corrected chi connectivity index (χ1v) is 7.25. The summed E-state index contributed by atoms with van der Waals surface area (Å²) < 4.78 is 6.87. The minimum absolute atomic E-state index is 0.297. The lowest BCUT2D eigenvalue weighted by Crippen LogP contribution is -2.31. The fourth-order valence-electron chi connectivity index (χ4n) is 2.28. The number of aryl methyl sites for hydroxylation is 1. The van der Waals surface area contributed by atoms with Crippen molar-refractivity contribution in [2.45, 2.75) is 19.5 Å². The number of methoxy groups -OCH3 is 1. The van der Waals surface area contributed by atoms with Gasteiger partial charge in [0.25, 0.3) is 0 Å². The van der Waals surface area contributed by atoms with E-state index in [0.717, 1.165) is 16.8 Å². The molecule has 0 bridgehead atoms. The maximum Gasteiger partial charge on any atom is 0.0894 e. The molecule has 0 aliphatic heterocycles. The monoisotopic (exact) mass is 328 g/mol. The van der Waals surface area contributed by atoms with E-state index >= 15 is 0 Å². The fourth-order valence-corrected chi connectivity index (χ4v) is 2.83. The molecule has 5 nitrogen and oxygen atoms in total. The number of halogens is 2. The van der Waals surface area contributed by atoms with Crippen molar-refractivity contribution in [3.8, 4) is 0 Å². The molecule has 2 aromatic rings. The number of hydrazine groups is 1. The van der Waals surface area contributed by atoms with Crippen molar-refractivity contribution < 1.29 is 4.74 Å². The number of nitrogens with one attached hydrogen (secondary N) is 1. The lowest BCUT2D eigenvalue weighted by molar-refractivity contribution is 0.182. The second-order valence-corrected chi connectivity index (χ2v) is 5.60. The van der Waals surface area contributed by atoms with Gasteiger partial charge in [-0.25, -0.2) is 5.43 Å². The maximum absolute atomic E-state index is 6.27. The molecule has 21 heavy (non-hydrogen) atoms. The molecule has 0 saturated carbocycles. The normalized spacial score (nSPS) is 12.6. The van der Waals surface area contributed by atoms with Gasteiger partial charge in [-0.1, -0.05) is 29.3 Å². The number of hydrogen-bond donors (Lipinski definition) is 2. The molecule has 0 aliphatic rings. The lowest BCUT2D eigenvalue weighted by Gasteiger charge is -2.19. The number of aromatic nitrogens is 2. The van der Waals surface area contributed by atoms with Gasteiger partial charge in [0.1, 0.15) is 0 Å². The van der Waals surface area contributed by atoms with Crippen LogP contribution in [0.2, 0.25) is 10.0 Å². The van der Waals surface area contributed by atoms with Gasteiger partial charge in [0.2, 0.25) is 0 Å². The molecular weight excluding hydrogens is 311 g/mol. The lowest BCUT2D eigenvalue weighted by atomic mass is 10.0. The summed E-state index contributed by atoms with van der Waals surface area (Å²) in [6.07, 6.45) is 1.61. The van der Waals surface area contributed by atoms with E-state index in [2.05, 4.69) is 10.5 Å². The molecule has 0 fully saturated rings. The van der Waals surface area contributed by atoms with Crippen molar-refractivity contribution >= 4 is 23.2 Å². The van der Waals surface area contributed by atoms with E-state index in [1.807, 2.05) is 25.1 Å². The van der Waals surface area contributed by atoms with Gasteiger partial charge in [-0.15, -0.1) is 0 Å². The zero-order valence-electron chi connectivity index (χ0n) is 11.9. The Kier molecular flexibility index (Phi) is 5.61. The summed E-state index contributed by atoms with van der Waals surface area (Å²) in [5, 5.41) is 5.47. The SMILES string of the molecule is COCCn1ncc(Cl)c1C(NN)c1cc(C)cc(Cl)c1. The molecule has 0 saturated heterocycles. The van der Waals surface area contributed by atoms with Gasteiger partial charge in [0, 0.05) is 12.1 Å². The Morgan fingerprint density at radius 2 is 2.14 bits per heavy atom. The van der Waals surface area contributed by atoms with Crippen LogP contribution in [0.5, 0.6) is 0 Å². The summed E-state index contributed by atoms with van der Waals surface area (Å²) in [6.45, 7) is 3.11. The van der Waals surface area contributed by atoms with Crippen LogP contribution in [0, 0.1) is 6.92 Å². The molecule has 0 aliphatic carbocycles. The molecule has 7 heteroatoms. The average Bonchev–Trinajstić information content (AvgIpc) is 2.78. The van der Waals surface area contributed by atoms with E-state index in [9.17, 15) is 0 Å². The van der Waals surface area contributed by atoms with Crippen molar-refractivity contribution in [3.05, 3.63) is 51.3 Å². The van der Waals surface area contributed by atoms with Crippen LogP contribution in [0.25, 0.3) is 0 Å². The summed E-state index contributed by atoms with van der Waals surface area (Å²) in [5.41, 5.74) is 5.56. The Morgan fingerprint density at radius 3 is 2.76 bits per heavy atom. The van der Waals surface area contributed by atoms with Crippen LogP contribution in [-0.4, -0.2) is 23.5 Å². The molecule has 3 N–H and O–H groups in total. The molecular formula is C14H18Cl2N4O. The standard InChI is InChI=1S/C14H18Cl2N4O/c1-9-5-10(7-11(15)6-9)13(19-17)14-12(16)8-18-20(14)3-4-21-2/h5-8,13,19H,3-4,17H2,1-2H3. The van der Waals surface area contributed by atoms with E-state index in [-0.39, 0.29) is 6.04 Å². The zero-order chi connectivity index (χ0) is 15.4. The molecule has 1 atom stereocenters. The van der Waals surface area contributed by atoms with Crippen LogP contribution in [0.4, 0.5) is 0 Å². The minimum Gasteiger partial charge on any atom is -0.383 e. The highest BCUT2D eigenvalue weighted by Crippen LogP contribution is 2.30. The van der Waals surface area contributed by atoms with E-state index in [1.165, 1.54) is 0 Å². The molecule has 1 unspecified atom stereocenters. The molecule has 1 heterocycles. The van der Waals surface area contributed by atoms with Crippen LogP contribution >= 0.6 is 23.2 Å². The molecule has 1 aromatic heterocycles. The quantitative estimate of drug-likeness (QED) is 0.632. The Balaban J connectivity index is 2.43. The predicted octanol–water partition coefficient (Wildman–Crippen LogP) is 2.70. The molecule has 0 radical (unpaired) electrons. The largest absolute Gasteiger partial charge is 0.383 e. The van der Waals surface area contributed by atoms with Crippen LogP contribution in [0.3, 0.4) is 0 Å². The van der Waals surface area contributed by atoms with Crippen molar-refractivity contribution in [1.82, 2.24) is 15.2 Å². The Bertz CT molecular complexity index is 595. The minimum atomic E-state index is -0.297. The first-order valence-electron chi connectivity index (χ1n) is 6.50. The summed E-state index contributed by atoms with van der Waals surface area (Å²) in [4.78, 5) is 0. The molecule has 0 amide bonds. The van der Waals surface area contributed by atoms with Crippen molar-refractivity contribution in [3.63, 3.8) is 0 Å². The number of nitrogens with zero attached hydrogens (tertiary/aromatic N) is 2. The molecule has 114 valence electrons. The third-order valence-corrected chi connectivity index (χ3v) is 3.69. The Hall–Kier alpha value is -1.11. The first-order chi connectivity index (χ1) is 10.1. The first kappa shape index (κ1) is 16.3. The third-order valence-electron chi connectivity index (χ3n) is 3.18. The molecule has 2 rings (SSSR count). The molecule has 1 aromatic carbocycles. The number of rotatable bonds is 6. The van der Waals surface area contributed by atoms with Gasteiger partial charge in [-0.3, -0.25) is 10.5 Å². The zero-order valence-corrected chi connectivity index (χ0v) is 13.4. The van der Waals surface area contributed by atoms with Crippen molar-refractivity contribution in [2.24, 2.45) is 5.84 Å². The van der Waals surface area contributed by atoms with Crippen molar-refractivity contribution in [1.29, 1.82) is 0 Å². The van der Waals surface area contributed by atoms with Gasteiger partial charge in [-0.2, -0.15) is 5.10 Å². The van der Waals surface area contributed by atoms with E-state index in [1.54, 1.807) is 18.0 Å².